The van der Waals surface area contributed by atoms with E-state index in [1.165, 1.54) is 11.1 Å². The molecule has 0 aromatic rings. The second-order valence-corrected chi connectivity index (χ2v) is 94.9. The minimum Gasteiger partial charge on any atom is -0.347 e. The molecule has 44 heavy (non-hydrogen) atoms. The van der Waals surface area contributed by atoms with E-state index in [0.717, 1.165) is 14.4 Å². The summed E-state index contributed by atoms with van der Waals surface area (Å²) < 4.78 is 21.3. The van der Waals surface area contributed by atoms with Crippen LogP contribution in [-0.4, -0.2) is 24.1 Å². The summed E-state index contributed by atoms with van der Waals surface area (Å²) in [6.45, 7) is 6.55. The van der Waals surface area contributed by atoms with Gasteiger partial charge in [0.15, 0.2) is 5.78 Å². The molecule has 2 aliphatic carbocycles. The molecule has 0 aliphatic heterocycles. The van der Waals surface area contributed by atoms with Crippen molar-refractivity contribution in [3.8, 4) is 0 Å². The fourth-order valence-corrected chi connectivity index (χ4v) is 168. The third kappa shape index (κ3) is 13.8. The van der Waals surface area contributed by atoms with Crippen molar-refractivity contribution >= 4 is 209 Å². The lowest BCUT2D eigenvalue weighted by molar-refractivity contribution is -0.136. The molecule has 1 fully saturated rings. The summed E-state index contributed by atoms with van der Waals surface area (Å²) in [7, 11) is 39.7. The molecule has 29 heteroatoms. The van der Waals surface area contributed by atoms with E-state index in [0.29, 0.717) is 6.42 Å². The number of fused-ring (bicyclic) bond motifs is 2. The number of Topliss-reactive ketones (excluding diaryl/α,β-unsaturated/α-hetero) is 1. The Labute approximate surface area is 312 Å². The molecule has 0 aromatic heterocycles. The van der Waals surface area contributed by atoms with Crippen LogP contribution < -0.4 is 0 Å². The maximum Gasteiger partial charge on any atom is 0.165 e. The Bertz CT molecular complexity index is 958. The van der Waals surface area contributed by atoms with E-state index in [1.807, 2.05) is 0 Å². The van der Waals surface area contributed by atoms with Crippen molar-refractivity contribution in [1.82, 2.24) is 0 Å². The van der Waals surface area contributed by atoms with Crippen molar-refractivity contribution in [3.63, 3.8) is 0 Å². The Morgan fingerprint density at radius 1 is 0.773 bits per heavy atom. The first-order valence-electron chi connectivity index (χ1n) is 12.7. The van der Waals surface area contributed by atoms with Crippen LogP contribution in [0, 0.1) is 17.3 Å². The molecule has 0 radical (unpaired) electrons. The number of hydrogen-bond donors (Lipinski definition) is 0. The van der Waals surface area contributed by atoms with E-state index >= 15 is 0 Å². The number of carbonyl (C=O) groups excluding carboxylic acids is 1. The SMILES string of the molecule is CC1=C2[C@H](OP(P(P)P)P(PP)P(P)P)C[C@@H](C)C(=O)[C@H](OPP)C(C[C@@H]1OP(P(P)P(P)P)P(P(P)P)P(P)P)C2(C)C. The van der Waals surface area contributed by atoms with E-state index in [9.17, 15) is 4.79 Å². The molecule has 24 atom stereocenters. The maximum absolute atomic E-state index is 14.2. The molecule has 20 unspecified atom stereocenters. The first kappa shape index (κ1) is 50.2. The lowest BCUT2D eigenvalue weighted by atomic mass is 9.58. The van der Waals surface area contributed by atoms with Crippen molar-refractivity contribution in [2.24, 2.45) is 17.3 Å². The topological polar surface area (TPSA) is 44.8 Å². The van der Waals surface area contributed by atoms with Gasteiger partial charge < -0.3 is 13.6 Å². The van der Waals surface area contributed by atoms with Crippen LogP contribution in [0.15, 0.2) is 11.1 Å². The van der Waals surface area contributed by atoms with Crippen LogP contribution in [0.1, 0.15) is 40.5 Å². The molecule has 1 saturated carbocycles. The molecule has 0 N–H and O–H groups in total. The largest absolute Gasteiger partial charge is 0.347 e. The van der Waals surface area contributed by atoms with Crippen LogP contribution in [0.2, 0.25) is 0 Å². The van der Waals surface area contributed by atoms with E-state index in [2.05, 4.69) is 144 Å². The summed E-state index contributed by atoms with van der Waals surface area (Å²) in [5.41, 5.74) is 2.47. The zero-order valence-electron chi connectivity index (χ0n) is 24.9. The van der Waals surface area contributed by atoms with Gasteiger partial charge in [-0.2, -0.15) is 0 Å². The molecule has 258 valence electrons. The van der Waals surface area contributed by atoms with Gasteiger partial charge in [0.05, 0.1) is 27.3 Å². The summed E-state index contributed by atoms with van der Waals surface area (Å²) >= 11 is 0. The number of ketones is 1. The van der Waals surface area contributed by atoms with E-state index in [4.69, 9.17) is 13.6 Å². The fourth-order valence-electron chi connectivity index (χ4n) is 5.41. The van der Waals surface area contributed by atoms with Crippen LogP contribution in [-0.2, 0) is 18.4 Å². The zero-order valence-corrected chi connectivity index (χ0v) is 50.9. The highest BCUT2D eigenvalue weighted by molar-refractivity contribution is 9.19. The van der Waals surface area contributed by atoms with Crippen molar-refractivity contribution in [1.29, 1.82) is 0 Å². The fraction of sp³-hybridized carbons (Fsp3) is 0.800. The minimum absolute atomic E-state index is 0.0281. The molecule has 0 heterocycles. The van der Waals surface area contributed by atoms with Crippen LogP contribution in [0.3, 0.4) is 0 Å². The highest BCUT2D eigenvalue weighted by Crippen LogP contribution is 3.18. The Morgan fingerprint density at radius 3 is 1.75 bits per heavy atom. The number of hydrogen-bond acceptors (Lipinski definition) is 4. The number of rotatable bonds is 15. The molecule has 0 aromatic carbocycles. The van der Waals surface area contributed by atoms with Gasteiger partial charge in [0.1, 0.15) is 6.10 Å². The van der Waals surface area contributed by atoms with Gasteiger partial charge in [-0.15, -0.1) is 98.2 Å². The molecule has 0 spiro atoms. The normalized spacial score (nSPS) is 29.7. The summed E-state index contributed by atoms with van der Waals surface area (Å²) in [5.74, 6) is 0.133. The predicted octanol–water partition coefficient (Wildman–Crippen LogP) is 16.5. The average molecular weight is 1070 g/mol. The molecule has 4 nitrogen and oxygen atoms in total. The smallest absolute Gasteiger partial charge is 0.165 e. The van der Waals surface area contributed by atoms with Crippen LogP contribution in [0.5, 0.6) is 0 Å². The van der Waals surface area contributed by atoms with Crippen LogP contribution in [0.4, 0.5) is 0 Å². The van der Waals surface area contributed by atoms with Gasteiger partial charge in [0, 0.05) is 41.3 Å². The molecule has 0 amide bonds. The van der Waals surface area contributed by atoms with Gasteiger partial charge in [-0.05, 0) is 71.3 Å². The van der Waals surface area contributed by atoms with Crippen molar-refractivity contribution in [2.75, 3.05) is 0 Å². The molecule has 2 aliphatic rings. The quantitative estimate of drug-likeness (QED) is 0.121. The van der Waals surface area contributed by atoms with Crippen LogP contribution >= 0.6 is 203 Å². The molecule has 0 saturated heterocycles. The Morgan fingerprint density at radius 2 is 1.32 bits per heavy atom. The third-order valence-corrected chi connectivity index (χ3v) is 126. The summed E-state index contributed by atoms with van der Waals surface area (Å²) in [6, 6.07) is 0. The molecular formula is C15H49O4P25. The summed E-state index contributed by atoms with van der Waals surface area (Å²) in [5, 5.41) is 0. The van der Waals surface area contributed by atoms with Gasteiger partial charge in [-0.3, -0.25) is 4.79 Å². The Balaban J connectivity index is 2.80. The Kier molecular flexibility index (Phi) is 27.6. The van der Waals surface area contributed by atoms with Gasteiger partial charge in [0.25, 0.3) is 0 Å². The lowest BCUT2D eigenvalue weighted by Crippen LogP contribution is -2.52. The summed E-state index contributed by atoms with van der Waals surface area (Å²) in [4.78, 5) is 14.2. The average Bonchev–Trinajstić information content (AvgIpc) is 2.90. The second-order valence-electron chi connectivity index (χ2n) is 10.5. The van der Waals surface area contributed by atoms with Gasteiger partial charge in [-0.25, -0.2) is 0 Å². The third-order valence-electron chi connectivity index (χ3n) is 7.33. The monoisotopic (exact) mass is 1070 g/mol. The van der Waals surface area contributed by atoms with Crippen molar-refractivity contribution in [3.05, 3.63) is 11.1 Å². The highest BCUT2D eigenvalue weighted by atomic mass is 33.2. The second kappa shape index (κ2) is 24.2. The lowest BCUT2D eigenvalue weighted by Gasteiger charge is -2.52. The molecular weight excluding hydrogens is 1020 g/mol. The zero-order chi connectivity index (χ0) is 33.8. The number of carbonyl (C=O) groups is 1. The van der Waals surface area contributed by atoms with Gasteiger partial charge in [-0.1, -0.05) is 46.6 Å². The highest BCUT2D eigenvalue weighted by Gasteiger charge is 2.54. The first-order chi connectivity index (χ1) is 20.3. The van der Waals surface area contributed by atoms with Gasteiger partial charge in [0.2, 0.25) is 0 Å². The van der Waals surface area contributed by atoms with E-state index in [-0.39, 0.29) is 92.7 Å². The van der Waals surface area contributed by atoms with Crippen molar-refractivity contribution in [2.45, 2.75) is 58.8 Å². The summed E-state index contributed by atoms with van der Waals surface area (Å²) in [6.07, 6.45) is 0.936. The standard InChI is InChI=1S/C15H49O4P25/c1-7-5-11(19-35(37(22)23)43(34-21)39(26)27)12-8(2)10(6-9(15(12,3)4)14(13(7)16)17-33-20)18-36(42(32)38(24)25)44(40(28)29)41(30)31/h7,9-11,14,33-34H,5-6,20-32H2,1-4H3/t7-,9?,10+,11-,14-,35?,36?,42?,43?/m1/s1. The van der Waals surface area contributed by atoms with Gasteiger partial charge >= 0.3 is 0 Å². The minimum atomic E-state index is -0.673. The van der Waals surface area contributed by atoms with E-state index in [1.54, 1.807) is 0 Å². The molecule has 2 rings (SSSR count). The van der Waals surface area contributed by atoms with Crippen molar-refractivity contribution < 1.29 is 18.4 Å². The maximum atomic E-state index is 14.2. The molecule has 2 bridgehead atoms. The first-order valence-corrected chi connectivity index (χ1v) is 55.8. The van der Waals surface area contributed by atoms with E-state index < -0.39 is 28.1 Å². The van der Waals surface area contributed by atoms with Crippen LogP contribution in [0.25, 0.3) is 0 Å². The predicted molar refractivity (Wildman–Crippen MR) is 280 cm³/mol. The Hall–Kier alpha value is 10.0.